The Morgan fingerprint density at radius 3 is 2.37 bits per heavy atom. The molecule has 1 aliphatic heterocycles. The van der Waals surface area contributed by atoms with Crippen LogP contribution < -0.4 is 19.5 Å². The van der Waals surface area contributed by atoms with E-state index >= 15 is 0 Å². The van der Waals surface area contributed by atoms with E-state index in [0.29, 0.717) is 12.2 Å². The molecule has 0 bridgehead atoms. The Hall–Kier alpha value is -2.69. The smallest absolute Gasteiger partial charge is 0.261 e. The zero-order valence-corrected chi connectivity index (χ0v) is 19.0. The molecule has 2 atom stereocenters. The van der Waals surface area contributed by atoms with Gasteiger partial charge in [0.1, 0.15) is 22.8 Å². The Bertz CT molecular complexity index is 896. The number of benzene rings is 2. The van der Waals surface area contributed by atoms with Crippen LogP contribution in [0.1, 0.15) is 65.1 Å². The van der Waals surface area contributed by atoms with E-state index in [-0.39, 0.29) is 23.0 Å². The summed E-state index contributed by atoms with van der Waals surface area (Å²) in [5.74, 6) is 2.02. The van der Waals surface area contributed by atoms with Gasteiger partial charge < -0.3 is 19.5 Å². The van der Waals surface area contributed by atoms with E-state index in [1.54, 1.807) is 14.0 Å². The fourth-order valence-electron chi connectivity index (χ4n) is 3.67. The van der Waals surface area contributed by atoms with Crippen LogP contribution in [-0.4, -0.2) is 24.7 Å². The predicted octanol–water partition coefficient (Wildman–Crippen LogP) is 5.18. The summed E-state index contributed by atoms with van der Waals surface area (Å²) in [5, 5.41) is 3.14. The zero-order valence-electron chi connectivity index (χ0n) is 19.0. The van der Waals surface area contributed by atoms with Crippen molar-refractivity contribution in [3.8, 4) is 17.2 Å². The minimum Gasteiger partial charge on any atom is -0.497 e. The van der Waals surface area contributed by atoms with Crippen molar-refractivity contribution in [3.63, 3.8) is 0 Å². The number of nitrogens with one attached hydrogen (secondary N) is 1. The monoisotopic (exact) mass is 411 g/mol. The molecule has 1 heterocycles. The first-order valence-corrected chi connectivity index (χ1v) is 10.4. The molecule has 2 aromatic carbocycles. The van der Waals surface area contributed by atoms with Crippen LogP contribution in [0.2, 0.25) is 0 Å². The fourth-order valence-corrected chi connectivity index (χ4v) is 3.67. The maximum atomic E-state index is 12.9. The van der Waals surface area contributed by atoms with Crippen molar-refractivity contribution in [2.24, 2.45) is 0 Å². The lowest BCUT2D eigenvalue weighted by Gasteiger charge is -2.38. The van der Waals surface area contributed by atoms with Crippen LogP contribution in [0.15, 0.2) is 42.5 Å². The van der Waals surface area contributed by atoms with Crippen LogP contribution >= 0.6 is 0 Å². The Kier molecular flexibility index (Phi) is 6.02. The van der Waals surface area contributed by atoms with Crippen LogP contribution in [-0.2, 0) is 10.2 Å². The van der Waals surface area contributed by atoms with Gasteiger partial charge in [-0.3, -0.25) is 4.79 Å². The van der Waals surface area contributed by atoms with Crippen molar-refractivity contribution in [3.05, 3.63) is 53.6 Å². The molecule has 162 valence electrons. The molecule has 0 spiro atoms. The first kappa shape index (κ1) is 22.0. The number of carbonyl (C=O) groups excluding carboxylic acids is 1. The molecular formula is C25H33NO4. The number of hydrogen-bond donors (Lipinski definition) is 1. The lowest BCUT2D eigenvalue weighted by molar-refractivity contribution is -0.128. The van der Waals surface area contributed by atoms with E-state index in [9.17, 15) is 4.79 Å². The van der Waals surface area contributed by atoms with E-state index in [2.05, 4.69) is 26.1 Å². The Labute approximate surface area is 179 Å². The van der Waals surface area contributed by atoms with Gasteiger partial charge in [-0.05, 0) is 62.1 Å². The summed E-state index contributed by atoms with van der Waals surface area (Å²) in [6.45, 7) is 12.3. The second-order valence-corrected chi connectivity index (χ2v) is 9.57. The number of carbonyl (C=O) groups is 1. The molecule has 0 unspecified atom stereocenters. The summed E-state index contributed by atoms with van der Waals surface area (Å²) in [6.07, 6.45) is 0.0387. The quantitative estimate of drug-likeness (QED) is 0.737. The van der Waals surface area contributed by atoms with E-state index in [0.717, 1.165) is 17.1 Å². The number of hydrogen-bond acceptors (Lipinski definition) is 4. The van der Waals surface area contributed by atoms with Gasteiger partial charge in [0, 0.05) is 12.0 Å². The Balaban J connectivity index is 1.72. The molecule has 0 aromatic heterocycles. The van der Waals surface area contributed by atoms with Gasteiger partial charge in [-0.1, -0.05) is 32.9 Å². The van der Waals surface area contributed by atoms with Crippen molar-refractivity contribution >= 4 is 5.91 Å². The van der Waals surface area contributed by atoms with Crippen LogP contribution in [0.3, 0.4) is 0 Å². The molecule has 1 amide bonds. The summed E-state index contributed by atoms with van der Waals surface area (Å²) in [7, 11) is 1.63. The molecule has 5 heteroatoms. The number of ether oxygens (including phenoxy) is 3. The molecule has 1 N–H and O–H groups in total. The highest BCUT2D eigenvalue weighted by molar-refractivity contribution is 5.81. The number of methoxy groups -OCH3 is 1. The van der Waals surface area contributed by atoms with Crippen LogP contribution in [0, 0.1) is 0 Å². The minimum atomic E-state index is -0.620. The van der Waals surface area contributed by atoms with Crippen LogP contribution in [0.25, 0.3) is 0 Å². The number of fused-ring (bicyclic) bond motifs is 1. The van der Waals surface area contributed by atoms with Crippen LogP contribution in [0.5, 0.6) is 17.2 Å². The highest BCUT2D eigenvalue weighted by Gasteiger charge is 2.35. The molecule has 30 heavy (non-hydrogen) atoms. The second kappa shape index (κ2) is 8.21. The third kappa shape index (κ3) is 5.07. The molecule has 5 nitrogen and oxygen atoms in total. The van der Waals surface area contributed by atoms with E-state index in [1.165, 1.54) is 5.56 Å². The van der Waals surface area contributed by atoms with E-state index < -0.39 is 6.10 Å². The average Bonchev–Trinajstić information content (AvgIpc) is 2.66. The van der Waals surface area contributed by atoms with E-state index in [1.807, 2.05) is 56.3 Å². The SMILES string of the molecule is COc1ccc2c(c1)[C@H](NC(=O)[C@@H](C)Oc1ccc(C(C)(C)C)cc1)CC(C)(C)O2. The third-order valence-electron chi connectivity index (χ3n) is 5.39. The van der Waals surface area contributed by atoms with Gasteiger partial charge in [0.2, 0.25) is 0 Å². The third-order valence-corrected chi connectivity index (χ3v) is 5.39. The summed E-state index contributed by atoms with van der Waals surface area (Å²) in [5.41, 5.74) is 1.84. The molecule has 0 fully saturated rings. The molecule has 0 aliphatic carbocycles. The number of rotatable bonds is 5. The highest BCUT2D eigenvalue weighted by atomic mass is 16.5. The first-order chi connectivity index (χ1) is 14.0. The van der Waals surface area contributed by atoms with Gasteiger partial charge in [0.25, 0.3) is 5.91 Å². The standard InChI is InChI=1S/C25H33NO4/c1-16(29-18-10-8-17(9-11-18)24(2,3)4)23(27)26-21-15-25(5,6)30-22-13-12-19(28-7)14-20(21)22/h8-14,16,21H,15H2,1-7H3,(H,26,27)/t16-,21-/m1/s1. The van der Waals surface area contributed by atoms with Gasteiger partial charge in [0.15, 0.2) is 6.10 Å². The fraction of sp³-hybridized carbons (Fsp3) is 0.480. The van der Waals surface area contributed by atoms with Gasteiger partial charge in [-0.25, -0.2) is 0 Å². The highest BCUT2D eigenvalue weighted by Crippen LogP contribution is 2.41. The van der Waals surface area contributed by atoms with Crippen LogP contribution in [0.4, 0.5) is 0 Å². The molecule has 1 aliphatic rings. The second-order valence-electron chi connectivity index (χ2n) is 9.57. The summed E-state index contributed by atoms with van der Waals surface area (Å²) < 4.78 is 17.3. The van der Waals surface area contributed by atoms with Crippen molar-refractivity contribution in [2.75, 3.05) is 7.11 Å². The lowest BCUT2D eigenvalue weighted by Crippen LogP contribution is -2.44. The van der Waals surface area contributed by atoms with Gasteiger partial charge in [-0.2, -0.15) is 0 Å². The Morgan fingerprint density at radius 1 is 1.13 bits per heavy atom. The molecule has 0 saturated heterocycles. The van der Waals surface area contributed by atoms with Gasteiger partial charge >= 0.3 is 0 Å². The average molecular weight is 412 g/mol. The summed E-state index contributed by atoms with van der Waals surface area (Å²) in [6, 6.07) is 13.4. The van der Waals surface area contributed by atoms with Crippen molar-refractivity contribution in [1.29, 1.82) is 0 Å². The molecule has 3 rings (SSSR count). The summed E-state index contributed by atoms with van der Waals surface area (Å²) >= 11 is 0. The topological polar surface area (TPSA) is 56.8 Å². The molecule has 0 saturated carbocycles. The predicted molar refractivity (Wildman–Crippen MR) is 118 cm³/mol. The molecule has 0 radical (unpaired) electrons. The lowest BCUT2D eigenvalue weighted by atomic mass is 9.87. The molecule has 2 aromatic rings. The van der Waals surface area contributed by atoms with Crippen molar-refractivity contribution in [2.45, 2.75) is 71.1 Å². The Morgan fingerprint density at radius 2 is 1.77 bits per heavy atom. The normalized spacial score (nSPS) is 18.6. The van der Waals surface area contributed by atoms with Crippen molar-refractivity contribution in [1.82, 2.24) is 5.32 Å². The largest absolute Gasteiger partial charge is 0.497 e. The number of amides is 1. The summed E-state index contributed by atoms with van der Waals surface area (Å²) in [4.78, 5) is 12.9. The maximum absolute atomic E-state index is 12.9. The van der Waals surface area contributed by atoms with E-state index in [4.69, 9.17) is 14.2 Å². The first-order valence-electron chi connectivity index (χ1n) is 10.4. The zero-order chi connectivity index (χ0) is 22.1. The molecular weight excluding hydrogens is 378 g/mol. The van der Waals surface area contributed by atoms with Crippen molar-refractivity contribution < 1.29 is 19.0 Å². The van der Waals surface area contributed by atoms with Gasteiger partial charge in [0.05, 0.1) is 13.2 Å². The van der Waals surface area contributed by atoms with Gasteiger partial charge in [-0.15, -0.1) is 0 Å². The minimum absolute atomic E-state index is 0.0752. The maximum Gasteiger partial charge on any atom is 0.261 e.